The van der Waals surface area contributed by atoms with Gasteiger partial charge in [-0.25, -0.2) is 4.98 Å². The highest BCUT2D eigenvalue weighted by Crippen LogP contribution is 2.37. The zero-order valence-electron chi connectivity index (χ0n) is 10.7. The Hall–Kier alpha value is -1.92. The first-order valence-electron chi connectivity index (χ1n) is 6.32. The summed E-state index contributed by atoms with van der Waals surface area (Å²) in [5, 5.41) is 4.00. The van der Waals surface area contributed by atoms with Crippen molar-refractivity contribution in [3.63, 3.8) is 0 Å². The van der Waals surface area contributed by atoms with E-state index in [4.69, 9.17) is 10.3 Å². The molecule has 0 amide bonds. The number of halogens is 1. The van der Waals surface area contributed by atoms with E-state index in [1.165, 1.54) is 0 Å². The maximum absolute atomic E-state index is 6.18. The number of hydrogen-bond donors (Lipinski definition) is 1. The second kappa shape index (κ2) is 4.57. The van der Waals surface area contributed by atoms with Crippen LogP contribution in [-0.4, -0.2) is 19.5 Å². The van der Waals surface area contributed by atoms with E-state index < -0.39 is 5.54 Å². The molecule has 0 saturated heterocycles. The molecule has 0 unspecified atom stereocenters. The van der Waals surface area contributed by atoms with Crippen LogP contribution in [0, 0.1) is 0 Å². The Balaban J connectivity index is 0.00000121. The molecule has 3 aromatic heterocycles. The topological polar surface area (TPSA) is 82.2 Å². The van der Waals surface area contributed by atoms with E-state index in [9.17, 15) is 0 Å². The molecule has 2 N–H and O–H groups in total. The summed E-state index contributed by atoms with van der Waals surface area (Å²) in [5.41, 5.74) is 7.30. The molecule has 0 aliphatic heterocycles. The first-order valence-corrected chi connectivity index (χ1v) is 6.32. The molecule has 1 aliphatic rings. The van der Waals surface area contributed by atoms with Crippen LogP contribution in [0.25, 0.3) is 17.2 Å². The molecule has 6 nitrogen and oxygen atoms in total. The summed E-state index contributed by atoms with van der Waals surface area (Å²) >= 11 is 0. The predicted octanol–water partition coefficient (Wildman–Crippen LogP) is 2.14. The number of aromatic nitrogens is 4. The zero-order valence-corrected chi connectivity index (χ0v) is 11.5. The molecule has 7 heteroatoms. The van der Waals surface area contributed by atoms with Gasteiger partial charge in [-0.3, -0.25) is 0 Å². The van der Waals surface area contributed by atoms with Crippen LogP contribution in [0.3, 0.4) is 0 Å². The minimum absolute atomic E-state index is 0. The quantitative estimate of drug-likeness (QED) is 0.782. The van der Waals surface area contributed by atoms with Crippen molar-refractivity contribution in [3.8, 4) is 11.6 Å². The molecule has 0 radical (unpaired) electrons. The van der Waals surface area contributed by atoms with Gasteiger partial charge in [-0.2, -0.15) is 4.98 Å². The highest BCUT2D eigenvalue weighted by atomic mass is 35.5. The summed E-state index contributed by atoms with van der Waals surface area (Å²) in [5.74, 6) is 1.02. The van der Waals surface area contributed by atoms with Gasteiger partial charge in [0.15, 0.2) is 5.82 Å². The molecule has 1 fully saturated rings. The lowest BCUT2D eigenvalue weighted by atomic mass is 9.77. The summed E-state index contributed by atoms with van der Waals surface area (Å²) in [7, 11) is 0. The minimum atomic E-state index is -0.402. The Morgan fingerprint density at radius 1 is 1.25 bits per heavy atom. The molecule has 20 heavy (non-hydrogen) atoms. The van der Waals surface area contributed by atoms with Crippen molar-refractivity contribution >= 4 is 18.1 Å². The van der Waals surface area contributed by atoms with Crippen molar-refractivity contribution in [2.45, 2.75) is 24.8 Å². The molecule has 4 rings (SSSR count). The first-order chi connectivity index (χ1) is 9.24. The Morgan fingerprint density at radius 3 is 2.80 bits per heavy atom. The van der Waals surface area contributed by atoms with Gasteiger partial charge in [0.25, 0.3) is 5.89 Å². The standard InChI is InChI=1S/C13H13N5O.ClH/c14-13(5-3-6-13)12-16-11(19-17-12)9-8-18-7-2-1-4-10(18)15-9;/h1-2,4,7-8H,3,5-6,14H2;1H. The monoisotopic (exact) mass is 291 g/mol. The maximum Gasteiger partial charge on any atom is 0.278 e. The number of nitrogens with zero attached hydrogens (tertiary/aromatic N) is 4. The molecule has 0 aromatic carbocycles. The molecule has 3 aromatic rings. The van der Waals surface area contributed by atoms with Gasteiger partial charge < -0.3 is 14.7 Å². The molecule has 0 spiro atoms. The summed E-state index contributed by atoms with van der Waals surface area (Å²) in [6, 6.07) is 5.81. The summed E-state index contributed by atoms with van der Waals surface area (Å²) in [6.07, 6.45) is 6.75. The van der Waals surface area contributed by atoms with E-state index in [1.807, 2.05) is 35.0 Å². The highest BCUT2D eigenvalue weighted by molar-refractivity contribution is 5.85. The molecular weight excluding hydrogens is 278 g/mol. The molecule has 104 valence electrons. The fraction of sp³-hybridized carbons (Fsp3) is 0.308. The Morgan fingerprint density at radius 2 is 2.10 bits per heavy atom. The number of imidazole rings is 1. The first kappa shape index (κ1) is 13.1. The van der Waals surface area contributed by atoms with Crippen LogP contribution in [0.5, 0.6) is 0 Å². The third-order valence-corrected chi connectivity index (χ3v) is 3.70. The number of rotatable bonds is 2. The van der Waals surface area contributed by atoms with Crippen LogP contribution in [0.2, 0.25) is 0 Å². The maximum atomic E-state index is 6.18. The minimum Gasteiger partial charge on any atom is -0.332 e. The normalized spacial score (nSPS) is 16.6. The van der Waals surface area contributed by atoms with Gasteiger partial charge in [0.1, 0.15) is 11.3 Å². The molecule has 0 bridgehead atoms. The van der Waals surface area contributed by atoms with E-state index >= 15 is 0 Å². The van der Waals surface area contributed by atoms with Crippen molar-refractivity contribution in [2.24, 2.45) is 5.73 Å². The van der Waals surface area contributed by atoms with Crippen LogP contribution >= 0.6 is 12.4 Å². The van der Waals surface area contributed by atoms with Gasteiger partial charge >= 0.3 is 0 Å². The Kier molecular flexibility index (Phi) is 2.99. The van der Waals surface area contributed by atoms with Crippen molar-refractivity contribution in [1.82, 2.24) is 19.5 Å². The van der Waals surface area contributed by atoms with E-state index in [-0.39, 0.29) is 12.4 Å². The average molecular weight is 292 g/mol. The lowest BCUT2D eigenvalue weighted by Gasteiger charge is -2.34. The lowest BCUT2D eigenvalue weighted by molar-refractivity contribution is 0.229. The molecule has 3 heterocycles. The number of pyridine rings is 1. The largest absolute Gasteiger partial charge is 0.332 e. The third-order valence-electron chi connectivity index (χ3n) is 3.70. The van der Waals surface area contributed by atoms with Crippen LogP contribution in [0.15, 0.2) is 35.1 Å². The van der Waals surface area contributed by atoms with Crippen LogP contribution in [0.1, 0.15) is 25.1 Å². The number of fused-ring (bicyclic) bond motifs is 1. The molecular formula is C13H14ClN5O. The predicted molar refractivity (Wildman–Crippen MR) is 75.4 cm³/mol. The fourth-order valence-electron chi connectivity index (χ4n) is 2.35. The van der Waals surface area contributed by atoms with E-state index in [2.05, 4.69) is 15.1 Å². The van der Waals surface area contributed by atoms with E-state index in [0.717, 1.165) is 24.9 Å². The molecule has 1 aliphatic carbocycles. The van der Waals surface area contributed by atoms with Crippen molar-refractivity contribution in [3.05, 3.63) is 36.4 Å². The van der Waals surface area contributed by atoms with Crippen LogP contribution in [0.4, 0.5) is 0 Å². The van der Waals surface area contributed by atoms with Crippen molar-refractivity contribution < 1.29 is 4.52 Å². The van der Waals surface area contributed by atoms with Gasteiger partial charge in [0, 0.05) is 12.4 Å². The fourth-order valence-corrected chi connectivity index (χ4v) is 2.35. The second-order valence-corrected chi connectivity index (χ2v) is 5.03. The van der Waals surface area contributed by atoms with Crippen molar-refractivity contribution in [1.29, 1.82) is 0 Å². The third kappa shape index (κ3) is 1.88. The van der Waals surface area contributed by atoms with Crippen molar-refractivity contribution in [2.75, 3.05) is 0 Å². The summed E-state index contributed by atoms with van der Waals surface area (Å²) < 4.78 is 7.20. The van der Waals surface area contributed by atoms with Gasteiger partial charge in [-0.05, 0) is 31.4 Å². The summed E-state index contributed by atoms with van der Waals surface area (Å²) in [4.78, 5) is 8.84. The van der Waals surface area contributed by atoms with Crippen LogP contribution in [-0.2, 0) is 5.54 Å². The lowest BCUT2D eigenvalue weighted by Crippen LogP contribution is -2.44. The number of hydrogen-bond acceptors (Lipinski definition) is 5. The van der Waals surface area contributed by atoms with Gasteiger partial charge in [-0.15, -0.1) is 12.4 Å². The Labute approximate surface area is 121 Å². The van der Waals surface area contributed by atoms with Gasteiger partial charge in [0.2, 0.25) is 0 Å². The SMILES string of the molecule is Cl.NC1(c2noc(-c3cn4ccccc4n3)n2)CCC1. The van der Waals surface area contributed by atoms with Gasteiger partial charge in [0.05, 0.1) is 5.54 Å². The Bertz CT molecular complexity index is 713. The van der Waals surface area contributed by atoms with Crippen LogP contribution < -0.4 is 5.73 Å². The molecule has 1 saturated carbocycles. The van der Waals surface area contributed by atoms with E-state index in [1.54, 1.807) is 0 Å². The number of nitrogens with two attached hydrogens (primary N) is 1. The second-order valence-electron chi connectivity index (χ2n) is 5.03. The summed E-state index contributed by atoms with van der Waals surface area (Å²) in [6.45, 7) is 0. The smallest absolute Gasteiger partial charge is 0.278 e. The molecule has 0 atom stereocenters. The van der Waals surface area contributed by atoms with Gasteiger partial charge in [-0.1, -0.05) is 11.2 Å². The van der Waals surface area contributed by atoms with E-state index in [0.29, 0.717) is 17.4 Å². The zero-order chi connectivity index (χ0) is 12.9. The highest BCUT2D eigenvalue weighted by Gasteiger charge is 2.39. The average Bonchev–Trinajstić information content (AvgIpc) is 3.02.